The summed E-state index contributed by atoms with van der Waals surface area (Å²) in [5.74, 6) is 2.19. The lowest BCUT2D eigenvalue weighted by atomic mass is 10.2. The first-order chi connectivity index (χ1) is 12.5. The molecular formula is C19H24N2O5. The van der Waals surface area contributed by atoms with Crippen molar-refractivity contribution in [3.05, 3.63) is 42.0 Å². The van der Waals surface area contributed by atoms with Gasteiger partial charge in [-0.05, 0) is 17.7 Å². The molecule has 0 atom stereocenters. The maximum Gasteiger partial charge on any atom is 0.321 e. The highest BCUT2D eigenvalue weighted by atomic mass is 16.5. The van der Waals surface area contributed by atoms with Gasteiger partial charge >= 0.3 is 6.03 Å². The fourth-order valence-corrected chi connectivity index (χ4v) is 2.45. The maximum absolute atomic E-state index is 12.5. The molecule has 2 rings (SSSR count). The summed E-state index contributed by atoms with van der Waals surface area (Å²) in [6, 6.07) is 10.7. The highest BCUT2D eigenvalue weighted by Crippen LogP contribution is 2.39. The number of carbonyl (C=O) groups excluding carboxylic acids is 1. The number of nitrogens with one attached hydrogen (secondary N) is 1. The molecule has 140 valence electrons. The Bertz CT molecular complexity index is 721. The van der Waals surface area contributed by atoms with E-state index in [-0.39, 0.29) is 6.03 Å². The third-order valence-corrected chi connectivity index (χ3v) is 3.84. The fraction of sp³-hybridized carbons (Fsp3) is 0.316. The molecule has 0 saturated heterocycles. The number of anilines is 1. The van der Waals surface area contributed by atoms with Gasteiger partial charge in [0.15, 0.2) is 11.5 Å². The Kier molecular flexibility index (Phi) is 6.54. The summed E-state index contributed by atoms with van der Waals surface area (Å²) in [5, 5.41) is 2.83. The van der Waals surface area contributed by atoms with E-state index in [1.165, 1.54) is 21.3 Å². The second-order valence-corrected chi connectivity index (χ2v) is 5.55. The first-order valence-corrected chi connectivity index (χ1v) is 7.97. The van der Waals surface area contributed by atoms with E-state index in [0.717, 1.165) is 11.3 Å². The maximum atomic E-state index is 12.5. The molecule has 0 saturated carbocycles. The van der Waals surface area contributed by atoms with Gasteiger partial charge in [-0.25, -0.2) is 4.79 Å². The zero-order valence-electron chi connectivity index (χ0n) is 15.7. The molecule has 26 heavy (non-hydrogen) atoms. The number of nitrogens with zero attached hydrogens (tertiary/aromatic N) is 1. The fourth-order valence-electron chi connectivity index (χ4n) is 2.45. The number of carbonyl (C=O) groups is 1. The van der Waals surface area contributed by atoms with Crippen molar-refractivity contribution in [3.63, 3.8) is 0 Å². The van der Waals surface area contributed by atoms with E-state index in [4.69, 9.17) is 18.9 Å². The third kappa shape index (κ3) is 4.50. The highest BCUT2D eigenvalue weighted by Gasteiger charge is 2.16. The normalized spacial score (nSPS) is 10.0. The van der Waals surface area contributed by atoms with E-state index < -0.39 is 0 Å². The van der Waals surface area contributed by atoms with Crippen molar-refractivity contribution in [3.8, 4) is 23.0 Å². The summed E-state index contributed by atoms with van der Waals surface area (Å²) >= 11 is 0. The van der Waals surface area contributed by atoms with Crippen LogP contribution in [0.2, 0.25) is 0 Å². The van der Waals surface area contributed by atoms with Crippen molar-refractivity contribution >= 4 is 11.7 Å². The van der Waals surface area contributed by atoms with Crippen LogP contribution in [0.25, 0.3) is 0 Å². The first kappa shape index (κ1) is 19.2. The third-order valence-electron chi connectivity index (χ3n) is 3.84. The monoisotopic (exact) mass is 360 g/mol. The van der Waals surface area contributed by atoms with Gasteiger partial charge in [0.2, 0.25) is 5.75 Å². The number of hydrogen-bond donors (Lipinski definition) is 1. The zero-order valence-corrected chi connectivity index (χ0v) is 15.7. The van der Waals surface area contributed by atoms with E-state index in [9.17, 15) is 4.79 Å². The van der Waals surface area contributed by atoms with Crippen LogP contribution in [0.4, 0.5) is 10.5 Å². The zero-order chi connectivity index (χ0) is 19.1. The number of rotatable bonds is 7. The summed E-state index contributed by atoms with van der Waals surface area (Å²) in [6.45, 7) is 0.459. The molecule has 0 aromatic heterocycles. The van der Waals surface area contributed by atoms with E-state index in [0.29, 0.717) is 29.5 Å². The van der Waals surface area contributed by atoms with Crippen LogP contribution < -0.4 is 24.3 Å². The topological polar surface area (TPSA) is 69.3 Å². The lowest BCUT2D eigenvalue weighted by molar-refractivity contribution is 0.220. The molecule has 0 aliphatic rings. The van der Waals surface area contributed by atoms with Crippen molar-refractivity contribution in [2.24, 2.45) is 0 Å². The molecule has 2 amide bonds. The van der Waals surface area contributed by atoms with E-state index >= 15 is 0 Å². The molecule has 0 heterocycles. The van der Waals surface area contributed by atoms with Gasteiger partial charge in [-0.1, -0.05) is 12.1 Å². The average molecular weight is 360 g/mol. The number of urea groups is 1. The Morgan fingerprint density at radius 3 is 1.96 bits per heavy atom. The van der Waals surface area contributed by atoms with Crippen molar-refractivity contribution in [2.75, 3.05) is 40.8 Å². The molecule has 0 spiro atoms. The Hall–Kier alpha value is -3.09. The summed E-state index contributed by atoms with van der Waals surface area (Å²) in [4.78, 5) is 14.0. The van der Waals surface area contributed by atoms with Crippen LogP contribution in [0.1, 0.15) is 5.56 Å². The number of hydrogen-bond acceptors (Lipinski definition) is 5. The molecule has 2 aromatic rings. The lowest BCUT2D eigenvalue weighted by Crippen LogP contribution is -2.30. The van der Waals surface area contributed by atoms with Gasteiger partial charge in [0.1, 0.15) is 5.75 Å². The van der Waals surface area contributed by atoms with Gasteiger partial charge in [-0.2, -0.15) is 0 Å². The summed E-state index contributed by atoms with van der Waals surface area (Å²) < 4.78 is 21.0. The van der Waals surface area contributed by atoms with Crippen LogP contribution >= 0.6 is 0 Å². The minimum Gasteiger partial charge on any atom is -0.497 e. The molecule has 0 aliphatic carbocycles. The summed E-state index contributed by atoms with van der Waals surface area (Å²) in [5.41, 5.74) is 1.54. The van der Waals surface area contributed by atoms with Crippen LogP contribution in [0.3, 0.4) is 0 Å². The minimum atomic E-state index is -0.255. The average Bonchev–Trinajstić information content (AvgIpc) is 2.67. The first-order valence-electron chi connectivity index (χ1n) is 7.97. The van der Waals surface area contributed by atoms with Crippen molar-refractivity contribution in [1.82, 2.24) is 4.90 Å². The number of methoxy groups -OCH3 is 4. The molecule has 2 aromatic carbocycles. The van der Waals surface area contributed by atoms with Gasteiger partial charge in [0.25, 0.3) is 0 Å². The summed E-state index contributed by atoms with van der Waals surface area (Å²) in [7, 11) is 7.92. The van der Waals surface area contributed by atoms with Crippen LogP contribution in [0.15, 0.2) is 36.4 Å². The van der Waals surface area contributed by atoms with Crippen LogP contribution in [0.5, 0.6) is 23.0 Å². The van der Waals surface area contributed by atoms with Gasteiger partial charge in [-0.3, -0.25) is 0 Å². The molecule has 7 nitrogen and oxygen atoms in total. The largest absolute Gasteiger partial charge is 0.497 e. The molecule has 0 aliphatic heterocycles. The standard InChI is InChI=1S/C19H24N2O5/c1-21(12-13-6-8-15(23-2)9-7-13)19(22)20-14-10-16(24-3)18(26-5)17(11-14)25-4/h6-11H,12H2,1-5H3,(H,20,22). The lowest BCUT2D eigenvalue weighted by Gasteiger charge is -2.19. The van der Waals surface area contributed by atoms with Gasteiger partial charge in [0, 0.05) is 25.7 Å². The van der Waals surface area contributed by atoms with Crippen LogP contribution in [-0.4, -0.2) is 46.4 Å². The molecule has 0 radical (unpaired) electrons. The molecule has 0 unspecified atom stereocenters. The van der Waals surface area contributed by atoms with Crippen LogP contribution in [0, 0.1) is 0 Å². The van der Waals surface area contributed by atoms with E-state index in [2.05, 4.69) is 5.32 Å². The molecule has 1 N–H and O–H groups in total. The van der Waals surface area contributed by atoms with E-state index in [1.807, 2.05) is 24.3 Å². The van der Waals surface area contributed by atoms with Gasteiger partial charge in [0.05, 0.1) is 34.1 Å². The Morgan fingerprint density at radius 1 is 0.923 bits per heavy atom. The highest BCUT2D eigenvalue weighted by molar-refractivity contribution is 5.90. The quantitative estimate of drug-likeness (QED) is 0.820. The Morgan fingerprint density at radius 2 is 1.50 bits per heavy atom. The smallest absolute Gasteiger partial charge is 0.321 e. The van der Waals surface area contributed by atoms with Crippen LogP contribution in [-0.2, 0) is 6.54 Å². The Balaban J connectivity index is 2.10. The second kappa shape index (κ2) is 8.84. The predicted octanol–water partition coefficient (Wildman–Crippen LogP) is 3.38. The van der Waals surface area contributed by atoms with Crippen molar-refractivity contribution in [2.45, 2.75) is 6.54 Å². The van der Waals surface area contributed by atoms with Gasteiger partial charge < -0.3 is 29.2 Å². The Labute approximate surface area is 153 Å². The van der Waals surface area contributed by atoms with Crippen molar-refractivity contribution in [1.29, 1.82) is 0 Å². The number of amides is 2. The number of ether oxygens (including phenoxy) is 4. The number of benzene rings is 2. The van der Waals surface area contributed by atoms with Crippen molar-refractivity contribution < 1.29 is 23.7 Å². The minimum absolute atomic E-state index is 0.255. The van der Waals surface area contributed by atoms with E-state index in [1.54, 1.807) is 31.2 Å². The second-order valence-electron chi connectivity index (χ2n) is 5.55. The molecule has 0 fully saturated rings. The molecule has 0 bridgehead atoms. The predicted molar refractivity (Wildman–Crippen MR) is 99.6 cm³/mol. The molecular weight excluding hydrogens is 336 g/mol. The molecule has 7 heteroatoms. The van der Waals surface area contributed by atoms with Gasteiger partial charge in [-0.15, -0.1) is 0 Å². The SMILES string of the molecule is COc1ccc(CN(C)C(=O)Nc2cc(OC)c(OC)c(OC)c2)cc1. The summed E-state index contributed by atoms with van der Waals surface area (Å²) in [6.07, 6.45) is 0.